The van der Waals surface area contributed by atoms with Crippen molar-refractivity contribution in [1.82, 2.24) is 5.32 Å². The Labute approximate surface area is 119 Å². The van der Waals surface area contributed by atoms with Gasteiger partial charge >= 0.3 is 0 Å². The Balaban J connectivity index is 2.07. The van der Waals surface area contributed by atoms with E-state index < -0.39 is 0 Å². The maximum atomic E-state index is 5.58. The van der Waals surface area contributed by atoms with E-state index in [0.29, 0.717) is 5.92 Å². The summed E-state index contributed by atoms with van der Waals surface area (Å²) in [5.41, 5.74) is 1.38. The number of halogens is 2. The molecular weight excluding hydrogens is 346 g/mol. The zero-order valence-electron chi connectivity index (χ0n) is 10.1. The van der Waals surface area contributed by atoms with E-state index in [-0.39, 0.29) is 0 Å². The molecule has 1 fully saturated rings. The molecule has 0 atom stereocenters. The number of hydrogen-bond donors (Lipinski definition) is 1. The van der Waals surface area contributed by atoms with Crippen LogP contribution in [0.25, 0.3) is 6.08 Å². The van der Waals surface area contributed by atoms with Gasteiger partial charge in [-0.25, -0.2) is 0 Å². The van der Waals surface area contributed by atoms with E-state index in [0.717, 1.165) is 27.5 Å². The zero-order chi connectivity index (χ0) is 12.4. The third-order valence-corrected chi connectivity index (χ3v) is 4.62. The van der Waals surface area contributed by atoms with Gasteiger partial charge in [0.15, 0.2) is 4.67 Å². The summed E-state index contributed by atoms with van der Waals surface area (Å²) in [6.45, 7) is 5.39. The first-order valence-corrected chi connectivity index (χ1v) is 7.53. The molecule has 0 spiro atoms. The van der Waals surface area contributed by atoms with Crippen molar-refractivity contribution < 1.29 is 4.42 Å². The molecule has 0 aliphatic heterocycles. The number of rotatable bonds is 5. The lowest BCUT2D eigenvalue weighted by Crippen LogP contribution is -2.21. The highest BCUT2D eigenvalue weighted by atomic mass is 79.9. The third kappa shape index (κ3) is 3.97. The average Bonchev–Trinajstić information content (AvgIpc) is 3.01. The highest BCUT2D eigenvalue weighted by Crippen LogP contribution is 2.29. The van der Waals surface area contributed by atoms with Gasteiger partial charge < -0.3 is 9.73 Å². The van der Waals surface area contributed by atoms with Gasteiger partial charge in [-0.3, -0.25) is 0 Å². The van der Waals surface area contributed by atoms with Crippen LogP contribution in [0.1, 0.15) is 32.4 Å². The van der Waals surface area contributed by atoms with Crippen LogP contribution >= 0.6 is 31.9 Å². The molecule has 2 rings (SSSR count). The predicted octanol–water partition coefficient (Wildman–Crippen LogP) is 4.60. The molecular formula is C13H17Br2NO. The molecule has 1 aromatic heterocycles. The van der Waals surface area contributed by atoms with E-state index in [1.54, 1.807) is 0 Å². The van der Waals surface area contributed by atoms with E-state index in [2.05, 4.69) is 57.1 Å². The molecule has 0 saturated heterocycles. The Morgan fingerprint density at radius 2 is 2.24 bits per heavy atom. The third-order valence-electron chi connectivity index (χ3n) is 2.91. The normalized spacial score (nSPS) is 16.9. The first-order chi connectivity index (χ1) is 8.06. The molecule has 2 nitrogen and oxygen atoms in total. The van der Waals surface area contributed by atoms with Gasteiger partial charge in [0.2, 0.25) is 0 Å². The van der Waals surface area contributed by atoms with Gasteiger partial charge in [-0.15, -0.1) is 0 Å². The van der Waals surface area contributed by atoms with Gasteiger partial charge in [0.25, 0.3) is 0 Å². The molecule has 1 aliphatic carbocycles. The van der Waals surface area contributed by atoms with Crippen molar-refractivity contribution in [3.63, 3.8) is 0 Å². The Kier molecular flexibility index (Phi) is 4.50. The molecule has 0 aromatic carbocycles. The second-order valence-electron chi connectivity index (χ2n) is 4.80. The highest BCUT2D eigenvalue weighted by molar-refractivity contribution is 9.13. The van der Waals surface area contributed by atoms with E-state index in [9.17, 15) is 0 Å². The monoisotopic (exact) mass is 361 g/mol. The van der Waals surface area contributed by atoms with Crippen molar-refractivity contribution in [1.29, 1.82) is 0 Å². The smallest absolute Gasteiger partial charge is 0.184 e. The van der Waals surface area contributed by atoms with Gasteiger partial charge in [-0.2, -0.15) is 0 Å². The van der Waals surface area contributed by atoms with Crippen LogP contribution in [-0.2, 0) is 0 Å². The second kappa shape index (κ2) is 5.72. The molecule has 1 N–H and O–H groups in total. The Morgan fingerprint density at radius 3 is 2.71 bits per heavy atom. The topological polar surface area (TPSA) is 25.2 Å². The van der Waals surface area contributed by atoms with Gasteiger partial charge in [0.05, 0.1) is 4.47 Å². The van der Waals surface area contributed by atoms with Gasteiger partial charge in [-0.05, 0) is 62.8 Å². The average molecular weight is 363 g/mol. The lowest BCUT2D eigenvalue weighted by Gasteiger charge is -2.11. The van der Waals surface area contributed by atoms with Gasteiger partial charge in [0, 0.05) is 12.6 Å². The number of nitrogens with one attached hydrogen (secondary N) is 1. The van der Waals surface area contributed by atoms with Crippen molar-refractivity contribution >= 4 is 37.9 Å². The maximum absolute atomic E-state index is 5.58. The molecule has 1 aromatic rings. The molecule has 94 valence electrons. The fourth-order valence-corrected chi connectivity index (χ4v) is 2.20. The Bertz CT molecular complexity index is 400. The summed E-state index contributed by atoms with van der Waals surface area (Å²) in [4.78, 5) is 0. The summed E-state index contributed by atoms with van der Waals surface area (Å²) in [5, 5.41) is 3.55. The Hall–Kier alpha value is -0.0600. The summed E-state index contributed by atoms with van der Waals surface area (Å²) in [6.07, 6.45) is 4.78. The van der Waals surface area contributed by atoms with E-state index in [4.69, 9.17) is 4.42 Å². The van der Waals surface area contributed by atoms with E-state index in [1.165, 1.54) is 18.4 Å². The minimum absolute atomic E-state index is 0.531. The predicted molar refractivity (Wildman–Crippen MR) is 77.9 cm³/mol. The number of furan rings is 1. The van der Waals surface area contributed by atoms with Crippen molar-refractivity contribution in [3.05, 3.63) is 26.5 Å². The van der Waals surface area contributed by atoms with Crippen LogP contribution < -0.4 is 5.32 Å². The lowest BCUT2D eigenvalue weighted by atomic mass is 10.0. The van der Waals surface area contributed by atoms with Crippen molar-refractivity contribution in [2.45, 2.75) is 32.7 Å². The minimum atomic E-state index is 0.531. The summed E-state index contributed by atoms with van der Waals surface area (Å²) < 4.78 is 7.30. The van der Waals surface area contributed by atoms with Crippen LogP contribution in [-0.4, -0.2) is 12.6 Å². The SMILES string of the molecule is CC(C)C(=Cc1cc(Br)c(Br)o1)CNC1CC1. The van der Waals surface area contributed by atoms with Crippen molar-refractivity contribution in [3.8, 4) is 0 Å². The zero-order valence-corrected chi connectivity index (χ0v) is 13.3. The van der Waals surface area contributed by atoms with Crippen LogP contribution in [0.4, 0.5) is 0 Å². The molecule has 17 heavy (non-hydrogen) atoms. The Morgan fingerprint density at radius 1 is 1.53 bits per heavy atom. The summed E-state index contributed by atoms with van der Waals surface area (Å²) in [5.74, 6) is 1.42. The molecule has 0 bridgehead atoms. The number of hydrogen-bond acceptors (Lipinski definition) is 2. The fourth-order valence-electron chi connectivity index (χ4n) is 1.59. The molecule has 0 radical (unpaired) electrons. The van der Waals surface area contributed by atoms with Crippen LogP contribution in [0.15, 0.2) is 25.2 Å². The molecule has 4 heteroatoms. The quantitative estimate of drug-likeness (QED) is 0.828. The molecule has 1 saturated carbocycles. The van der Waals surface area contributed by atoms with Crippen molar-refractivity contribution in [2.24, 2.45) is 5.92 Å². The second-order valence-corrected chi connectivity index (χ2v) is 6.37. The van der Waals surface area contributed by atoms with Crippen LogP contribution in [0.3, 0.4) is 0 Å². The summed E-state index contributed by atoms with van der Waals surface area (Å²) >= 11 is 6.79. The fraction of sp³-hybridized carbons (Fsp3) is 0.538. The minimum Gasteiger partial charge on any atom is -0.449 e. The largest absolute Gasteiger partial charge is 0.449 e. The lowest BCUT2D eigenvalue weighted by molar-refractivity contribution is 0.528. The highest BCUT2D eigenvalue weighted by Gasteiger charge is 2.21. The van der Waals surface area contributed by atoms with E-state index >= 15 is 0 Å². The first kappa shape index (κ1) is 13.4. The molecule has 0 amide bonds. The van der Waals surface area contributed by atoms with Gasteiger partial charge in [0.1, 0.15) is 5.76 Å². The van der Waals surface area contributed by atoms with Crippen molar-refractivity contribution in [2.75, 3.05) is 6.54 Å². The first-order valence-electron chi connectivity index (χ1n) is 5.95. The molecule has 1 aliphatic rings. The summed E-state index contributed by atoms with van der Waals surface area (Å²) in [6, 6.07) is 2.73. The van der Waals surface area contributed by atoms with Crippen LogP contribution in [0.5, 0.6) is 0 Å². The maximum Gasteiger partial charge on any atom is 0.184 e. The van der Waals surface area contributed by atoms with E-state index in [1.807, 2.05) is 6.07 Å². The standard InChI is InChI=1S/C13H17Br2NO/c1-8(2)9(7-16-10-3-4-10)5-11-6-12(14)13(15)17-11/h5-6,8,10,16H,3-4,7H2,1-2H3. The van der Waals surface area contributed by atoms with Gasteiger partial charge in [-0.1, -0.05) is 19.4 Å². The molecule has 1 heterocycles. The molecule has 0 unspecified atom stereocenters. The summed E-state index contributed by atoms with van der Waals surface area (Å²) in [7, 11) is 0. The van der Waals surface area contributed by atoms with Crippen LogP contribution in [0, 0.1) is 5.92 Å². The van der Waals surface area contributed by atoms with Crippen LogP contribution in [0.2, 0.25) is 0 Å².